The number of ketones is 1. The van der Waals surface area contributed by atoms with Crippen LogP contribution in [0.4, 0.5) is 0 Å². The van der Waals surface area contributed by atoms with Crippen LogP contribution in [0.1, 0.15) is 47.0 Å². The fourth-order valence-electron chi connectivity index (χ4n) is 1.30. The molecule has 14 heavy (non-hydrogen) atoms. The first-order valence-corrected chi connectivity index (χ1v) is 5.39. The summed E-state index contributed by atoms with van der Waals surface area (Å²) < 4.78 is 0. The van der Waals surface area contributed by atoms with Gasteiger partial charge in [-0.25, -0.2) is 0 Å². The molecule has 0 fully saturated rings. The molecule has 0 bridgehead atoms. The molecule has 1 nitrogen and oxygen atoms in total. The van der Waals surface area contributed by atoms with Crippen molar-refractivity contribution in [2.24, 2.45) is 5.92 Å². The van der Waals surface area contributed by atoms with Crippen LogP contribution in [0.25, 0.3) is 0 Å². The van der Waals surface area contributed by atoms with Gasteiger partial charge in [0.05, 0.1) is 0 Å². The average Bonchev–Trinajstić information content (AvgIpc) is 2.15. The first-order chi connectivity index (χ1) is 6.61. The van der Waals surface area contributed by atoms with Crippen LogP contribution in [-0.4, -0.2) is 5.78 Å². The standard InChI is InChI=1S/C13H22O/c1-5-7-8-13(14)12(6-2)10-9-11(3)4/h5,7,9,12H,6,8,10H2,1-4H3. The fourth-order valence-corrected chi connectivity index (χ4v) is 1.30. The number of Topliss-reactive ketones (excluding diaryl/α,β-unsaturated/α-hetero) is 1. The molecule has 0 amide bonds. The highest BCUT2D eigenvalue weighted by atomic mass is 16.1. The molecular weight excluding hydrogens is 172 g/mol. The second kappa shape index (κ2) is 7.54. The highest BCUT2D eigenvalue weighted by Gasteiger charge is 2.12. The van der Waals surface area contributed by atoms with Crippen LogP contribution < -0.4 is 0 Å². The van der Waals surface area contributed by atoms with Crippen molar-refractivity contribution in [3.8, 4) is 0 Å². The molecule has 0 aliphatic carbocycles. The van der Waals surface area contributed by atoms with E-state index in [0.29, 0.717) is 12.2 Å². The van der Waals surface area contributed by atoms with Crippen LogP contribution in [0, 0.1) is 5.92 Å². The van der Waals surface area contributed by atoms with Gasteiger partial charge in [-0.15, -0.1) is 0 Å². The SMILES string of the molecule is CC=CCC(=O)C(CC)CC=C(C)C. The van der Waals surface area contributed by atoms with Crippen LogP contribution in [0.3, 0.4) is 0 Å². The molecule has 80 valence electrons. The Morgan fingerprint density at radius 3 is 2.43 bits per heavy atom. The second-order valence-electron chi connectivity index (χ2n) is 3.86. The van der Waals surface area contributed by atoms with Crippen molar-refractivity contribution in [1.82, 2.24) is 0 Å². The molecule has 0 N–H and O–H groups in total. The summed E-state index contributed by atoms with van der Waals surface area (Å²) in [6.45, 7) is 8.17. The van der Waals surface area contributed by atoms with Gasteiger partial charge in [0, 0.05) is 12.3 Å². The topological polar surface area (TPSA) is 17.1 Å². The van der Waals surface area contributed by atoms with Crippen molar-refractivity contribution in [2.75, 3.05) is 0 Å². The van der Waals surface area contributed by atoms with Gasteiger partial charge in [-0.1, -0.05) is 30.7 Å². The van der Waals surface area contributed by atoms with Crippen LogP contribution in [0.5, 0.6) is 0 Å². The molecule has 0 aliphatic rings. The molecule has 0 aromatic rings. The Hall–Kier alpha value is -0.850. The molecule has 0 aromatic heterocycles. The van der Waals surface area contributed by atoms with Gasteiger partial charge in [0.15, 0.2) is 0 Å². The Kier molecular flexibility index (Phi) is 7.09. The summed E-state index contributed by atoms with van der Waals surface area (Å²) in [5, 5.41) is 0. The molecule has 1 unspecified atom stereocenters. The number of rotatable bonds is 6. The van der Waals surface area contributed by atoms with E-state index in [-0.39, 0.29) is 5.92 Å². The third-order valence-electron chi connectivity index (χ3n) is 2.31. The lowest BCUT2D eigenvalue weighted by Gasteiger charge is -2.09. The van der Waals surface area contributed by atoms with Crippen molar-refractivity contribution < 1.29 is 4.79 Å². The monoisotopic (exact) mass is 194 g/mol. The predicted octanol–water partition coefficient (Wildman–Crippen LogP) is 3.90. The van der Waals surface area contributed by atoms with Crippen LogP contribution in [-0.2, 0) is 4.79 Å². The summed E-state index contributed by atoms with van der Waals surface area (Å²) in [6, 6.07) is 0. The van der Waals surface area contributed by atoms with E-state index in [1.165, 1.54) is 5.57 Å². The van der Waals surface area contributed by atoms with Crippen molar-refractivity contribution in [3.63, 3.8) is 0 Å². The van der Waals surface area contributed by atoms with Crippen molar-refractivity contribution in [3.05, 3.63) is 23.8 Å². The number of hydrogen-bond acceptors (Lipinski definition) is 1. The minimum atomic E-state index is 0.209. The van der Waals surface area contributed by atoms with E-state index in [0.717, 1.165) is 12.8 Å². The summed E-state index contributed by atoms with van der Waals surface area (Å²) >= 11 is 0. The number of hydrogen-bond donors (Lipinski definition) is 0. The van der Waals surface area contributed by atoms with E-state index in [9.17, 15) is 4.79 Å². The summed E-state index contributed by atoms with van der Waals surface area (Å²) in [6.07, 6.45) is 8.46. The maximum absolute atomic E-state index is 11.7. The minimum Gasteiger partial charge on any atom is -0.299 e. The first kappa shape index (κ1) is 13.2. The highest BCUT2D eigenvalue weighted by Crippen LogP contribution is 2.14. The number of carbonyl (C=O) groups excluding carboxylic acids is 1. The van der Waals surface area contributed by atoms with E-state index in [1.807, 2.05) is 19.1 Å². The van der Waals surface area contributed by atoms with Crippen LogP contribution in [0.15, 0.2) is 23.8 Å². The normalized spacial score (nSPS) is 12.9. The van der Waals surface area contributed by atoms with E-state index in [1.54, 1.807) is 0 Å². The Labute approximate surface area is 87.9 Å². The van der Waals surface area contributed by atoms with E-state index < -0.39 is 0 Å². The zero-order valence-electron chi connectivity index (χ0n) is 9.84. The zero-order valence-corrected chi connectivity index (χ0v) is 9.84. The number of allylic oxidation sites excluding steroid dienone is 4. The molecule has 0 spiro atoms. The lowest BCUT2D eigenvalue weighted by atomic mass is 9.94. The van der Waals surface area contributed by atoms with Gasteiger partial charge in [0.2, 0.25) is 0 Å². The largest absolute Gasteiger partial charge is 0.299 e. The third kappa shape index (κ3) is 5.74. The molecule has 1 atom stereocenters. The Balaban J connectivity index is 4.12. The predicted molar refractivity (Wildman–Crippen MR) is 62.3 cm³/mol. The maximum atomic E-state index is 11.7. The molecule has 0 heterocycles. The van der Waals surface area contributed by atoms with E-state index in [2.05, 4.69) is 26.8 Å². The molecule has 0 saturated heterocycles. The van der Waals surface area contributed by atoms with Gasteiger partial charge in [0.25, 0.3) is 0 Å². The Morgan fingerprint density at radius 2 is 2.00 bits per heavy atom. The maximum Gasteiger partial charge on any atom is 0.140 e. The molecule has 0 aliphatic heterocycles. The Bertz CT molecular complexity index is 219. The van der Waals surface area contributed by atoms with Crippen molar-refractivity contribution in [2.45, 2.75) is 47.0 Å². The summed E-state index contributed by atoms with van der Waals surface area (Å²) in [5.41, 5.74) is 1.29. The molecule has 0 saturated carbocycles. The molecule has 0 aromatic carbocycles. The summed E-state index contributed by atoms with van der Waals surface area (Å²) in [7, 11) is 0. The minimum absolute atomic E-state index is 0.209. The molecule has 1 heteroatoms. The fraction of sp³-hybridized carbons (Fsp3) is 0.615. The van der Waals surface area contributed by atoms with Crippen LogP contribution >= 0.6 is 0 Å². The highest BCUT2D eigenvalue weighted by molar-refractivity contribution is 5.82. The average molecular weight is 194 g/mol. The van der Waals surface area contributed by atoms with Crippen molar-refractivity contribution in [1.29, 1.82) is 0 Å². The van der Waals surface area contributed by atoms with Gasteiger partial charge < -0.3 is 0 Å². The lowest BCUT2D eigenvalue weighted by molar-refractivity contribution is -0.122. The zero-order chi connectivity index (χ0) is 11.0. The molecular formula is C13H22O. The molecule has 0 radical (unpaired) electrons. The lowest BCUT2D eigenvalue weighted by Crippen LogP contribution is -2.11. The van der Waals surface area contributed by atoms with Crippen molar-refractivity contribution >= 4 is 5.78 Å². The first-order valence-electron chi connectivity index (χ1n) is 5.39. The van der Waals surface area contributed by atoms with Gasteiger partial charge in [-0.05, 0) is 33.6 Å². The van der Waals surface area contributed by atoms with Gasteiger partial charge in [-0.2, -0.15) is 0 Å². The molecule has 0 rings (SSSR count). The third-order valence-corrected chi connectivity index (χ3v) is 2.31. The smallest absolute Gasteiger partial charge is 0.140 e. The van der Waals surface area contributed by atoms with Crippen LogP contribution in [0.2, 0.25) is 0 Å². The van der Waals surface area contributed by atoms with Gasteiger partial charge in [-0.3, -0.25) is 4.79 Å². The van der Waals surface area contributed by atoms with E-state index >= 15 is 0 Å². The summed E-state index contributed by atoms with van der Waals surface area (Å²) in [5.74, 6) is 0.573. The number of carbonyl (C=O) groups is 1. The van der Waals surface area contributed by atoms with E-state index in [4.69, 9.17) is 0 Å². The van der Waals surface area contributed by atoms with Gasteiger partial charge in [0.1, 0.15) is 5.78 Å². The second-order valence-corrected chi connectivity index (χ2v) is 3.86. The Morgan fingerprint density at radius 1 is 1.36 bits per heavy atom. The quantitative estimate of drug-likeness (QED) is 0.586. The summed E-state index contributed by atoms with van der Waals surface area (Å²) in [4.78, 5) is 11.7. The van der Waals surface area contributed by atoms with Gasteiger partial charge >= 0.3 is 0 Å².